The lowest BCUT2D eigenvalue weighted by Gasteiger charge is -2.34. The minimum Gasteiger partial charge on any atom is -0.368 e. The van der Waals surface area contributed by atoms with Gasteiger partial charge in [0.2, 0.25) is 5.91 Å². The first-order valence-electron chi connectivity index (χ1n) is 9.79. The van der Waals surface area contributed by atoms with Crippen molar-refractivity contribution >= 4 is 23.2 Å². The molecule has 3 rings (SSSR count). The molecule has 0 saturated carbocycles. The van der Waals surface area contributed by atoms with Gasteiger partial charge in [0.1, 0.15) is 17.6 Å². The highest BCUT2D eigenvalue weighted by Gasteiger charge is 2.35. The van der Waals surface area contributed by atoms with Crippen LogP contribution in [0, 0.1) is 11.7 Å². The number of carbonyl (C=O) groups is 2. The minimum absolute atomic E-state index is 0.133. The maximum Gasteiger partial charge on any atom is 0.267 e. The van der Waals surface area contributed by atoms with E-state index in [1.165, 1.54) is 42.1 Å². The van der Waals surface area contributed by atoms with Crippen LogP contribution in [0.5, 0.6) is 0 Å². The molecule has 8 heteroatoms. The fourth-order valence-corrected chi connectivity index (χ4v) is 3.64. The van der Waals surface area contributed by atoms with Gasteiger partial charge in [0.05, 0.1) is 5.69 Å². The first kappa shape index (κ1) is 20.3. The fourth-order valence-electron chi connectivity index (χ4n) is 3.64. The summed E-state index contributed by atoms with van der Waals surface area (Å²) in [5.41, 5.74) is 6.26. The van der Waals surface area contributed by atoms with Gasteiger partial charge in [0, 0.05) is 19.0 Å². The van der Waals surface area contributed by atoms with E-state index in [1.807, 2.05) is 0 Å². The summed E-state index contributed by atoms with van der Waals surface area (Å²) < 4.78 is 13.2. The molecule has 0 bridgehead atoms. The van der Waals surface area contributed by atoms with Crippen molar-refractivity contribution < 1.29 is 14.0 Å². The Bertz CT molecular complexity index is 743. The number of hydrazone groups is 1. The molecule has 0 aliphatic carbocycles. The van der Waals surface area contributed by atoms with Crippen molar-refractivity contribution in [2.45, 2.75) is 45.2 Å². The van der Waals surface area contributed by atoms with Crippen LogP contribution >= 0.6 is 0 Å². The van der Waals surface area contributed by atoms with Gasteiger partial charge in [-0.15, -0.1) is 0 Å². The van der Waals surface area contributed by atoms with Gasteiger partial charge in [-0.25, -0.2) is 4.39 Å². The number of rotatable bonds is 6. The zero-order chi connectivity index (χ0) is 20.3. The molecular formula is C20H28FN5O2. The summed E-state index contributed by atoms with van der Waals surface area (Å²) >= 11 is 0. The number of amides is 2. The van der Waals surface area contributed by atoms with Crippen molar-refractivity contribution in [3.05, 3.63) is 30.1 Å². The van der Waals surface area contributed by atoms with Crippen LogP contribution in [-0.2, 0) is 9.59 Å². The molecule has 2 unspecified atom stereocenters. The Morgan fingerprint density at radius 2 is 1.93 bits per heavy atom. The summed E-state index contributed by atoms with van der Waals surface area (Å²) in [5, 5.41) is 8.61. The number of nitrogens with one attached hydrogen (secondary N) is 1. The van der Waals surface area contributed by atoms with Crippen LogP contribution < -0.4 is 16.1 Å². The molecule has 1 saturated heterocycles. The lowest BCUT2D eigenvalue weighted by molar-refractivity contribution is -0.119. The Morgan fingerprint density at radius 1 is 1.29 bits per heavy atom. The van der Waals surface area contributed by atoms with Gasteiger partial charge >= 0.3 is 0 Å². The second-order valence-corrected chi connectivity index (χ2v) is 7.77. The van der Waals surface area contributed by atoms with Crippen LogP contribution in [0.1, 0.15) is 33.1 Å². The molecular weight excluding hydrogens is 361 g/mol. The number of primary amides is 1. The maximum absolute atomic E-state index is 13.2. The van der Waals surface area contributed by atoms with Crippen LogP contribution in [0.15, 0.2) is 29.4 Å². The second kappa shape index (κ2) is 8.68. The SMILES string of the molecule is CC1CCN(C(C)CNC(=O)C2=NN(c3ccc(F)cc3)C(C(N)=O)C2)CC1. The van der Waals surface area contributed by atoms with Gasteiger partial charge in [-0.3, -0.25) is 19.5 Å². The third kappa shape index (κ3) is 4.67. The normalized spacial score (nSPS) is 22.0. The molecule has 3 N–H and O–H groups in total. The largest absolute Gasteiger partial charge is 0.368 e. The van der Waals surface area contributed by atoms with Gasteiger partial charge in [-0.05, 0) is 63.0 Å². The molecule has 1 aromatic rings. The number of piperidine rings is 1. The zero-order valence-corrected chi connectivity index (χ0v) is 16.4. The predicted octanol–water partition coefficient (Wildman–Crippen LogP) is 1.48. The molecule has 0 spiro atoms. The van der Waals surface area contributed by atoms with Gasteiger partial charge in [-0.1, -0.05) is 6.92 Å². The molecule has 2 aliphatic heterocycles. The van der Waals surface area contributed by atoms with Gasteiger partial charge in [0.25, 0.3) is 5.91 Å². The van der Waals surface area contributed by atoms with E-state index in [-0.39, 0.29) is 29.9 Å². The van der Waals surface area contributed by atoms with Crippen molar-refractivity contribution in [2.24, 2.45) is 16.8 Å². The van der Waals surface area contributed by atoms with Crippen LogP contribution in [-0.4, -0.2) is 54.1 Å². The predicted molar refractivity (Wildman–Crippen MR) is 106 cm³/mol. The van der Waals surface area contributed by atoms with Crippen LogP contribution in [0.4, 0.5) is 10.1 Å². The van der Waals surface area contributed by atoms with E-state index in [0.29, 0.717) is 12.2 Å². The van der Waals surface area contributed by atoms with Gasteiger partial charge in [0.15, 0.2) is 0 Å². The molecule has 0 radical (unpaired) electrons. The highest BCUT2D eigenvalue weighted by molar-refractivity contribution is 6.40. The maximum atomic E-state index is 13.2. The van der Waals surface area contributed by atoms with E-state index >= 15 is 0 Å². The number of hydrogen-bond acceptors (Lipinski definition) is 5. The summed E-state index contributed by atoms with van der Waals surface area (Å²) in [6, 6.07) is 5.06. The molecule has 2 heterocycles. The van der Waals surface area contributed by atoms with Crippen molar-refractivity contribution in [2.75, 3.05) is 24.6 Å². The molecule has 0 aromatic heterocycles. The number of carbonyl (C=O) groups excluding carboxylic acids is 2. The summed E-state index contributed by atoms with van der Waals surface area (Å²) in [6.45, 7) is 6.97. The summed E-state index contributed by atoms with van der Waals surface area (Å²) in [4.78, 5) is 26.8. The Morgan fingerprint density at radius 3 is 2.54 bits per heavy atom. The number of anilines is 1. The third-order valence-corrected chi connectivity index (χ3v) is 5.59. The minimum atomic E-state index is -0.757. The van der Waals surface area contributed by atoms with Crippen LogP contribution in [0.25, 0.3) is 0 Å². The van der Waals surface area contributed by atoms with Crippen LogP contribution in [0.3, 0.4) is 0 Å². The average molecular weight is 389 g/mol. The molecule has 1 fully saturated rings. The van der Waals surface area contributed by atoms with Crippen LogP contribution in [0.2, 0.25) is 0 Å². The number of halogens is 1. The van der Waals surface area contributed by atoms with Crippen molar-refractivity contribution in [3.8, 4) is 0 Å². The summed E-state index contributed by atoms with van der Waals surface area (Å²) in [7, 11) is 0. The van der Waals surface area contributed by atoms with E-state index in [9.17, 15) is 14.0 Å². The Hall–Kier alpha value is -2.48. The molecule has 2 atom stereocenters. The van der Waals surface area contributed by atoms with E-state index in [4.69, 9.17) is 5.73 Å². The number of nitrogens with zero attached hydrogens (tertiary/aromatic N) is 3. The smallest absolute Gasteiger partial charge is 0.267 e. The summed E-state index contributed by atoms with van der Waals surface area (Å²) in [5.74, 6) is -0.504. The van der Waals surface area contributed by atoms with Gasteiger partial charge in [-0.2, -0.15) is 5.10 Å². The number of hydrogen-bond donors (Lipinski definition) is 2. The quantitative estimate of drug-likeness (QED) is 0.771. The highest BCUT2D eigenvalue weighted by atomic mass is 19.1. The Labute approximate surface area is 164 Å². The van der Waals surface area contributed by atoms with E-state index in [0.717, 1.165) is 19.0 Å². The average Bonchev–Trinajstić information content (AvgIpc) is 3.13. The Balaban J connectivity index is 1.61. The van der Waals surface area contributed by atoms with Crippen molar-refractivity contribution in [1.29, 1.82) is 0 Å². The van der Waals surface area contributed by atoms with Crippen molar-refractivity contribution in [3.63, 3.8) is 0 Å². The van der Waals surface area contributed by atoms with E-state index < -0.39 is 11.9 Å². The lowest BCUT2D eigenvalue weighted by atomic mass is 9.98. The summed E-state index contributed by atoms with van der Waals surface area (Å²) in [6.07, 6.45) is 2.49. The lowest BCUT2D eigenvalue weighted by Crippen LogP contribution is -2.46. The number of likely N-dealkylation sites (tertiary alicyclic amines) is 1. The topological polar surface area (TPSA) is 91.0 Å². The zero-order valence-electron chi connectivity index (χ0n) is 16.4. The highest BCUT2D eigenvalue weighted by Crippen LogP contribution is 2.25. The fraction of sp³-hybridized carbons (Fsp3) is 0.550. The number of nitrogens with two attached hydrogens (primary N) is 1. The molecule has 7 nitrogen and oxygen atoms in total. The molecule has 1 aromatic carbocycles. The van der Waals surface area contributed by atoms with Crippen molar-refractivity contribution in [1.82, 2.24) is 10.2 Å². The first-order chi connectivity index (χ1) is 13.3. The third-order valence-electron chi connectivity index (χ3n) is 5.59. The Kier molecular flexibility index (Phi) is 6.28. The standard InChI is InChI=1S/C20H28FN5O2/c1-13-7-9-25(10-8-13)14(2)12-23-20(28)17-11-18(19(22)27)26(24-17)16-5-3-15(21)4-6-16/h3-6,13-14,18H,7-12H2,1-2H3,(H2,22,27)(H,23,28). The first-order valence-corrected chi connectivity index (χ1v) is 9.79. The monoisotopic (exact) mass is 389 g/mol. The molecule has 2 amide bonds. The number of benzene rings is 1. The molecule has 152 valence electrons. The van der Waals surface area contributed by atoms with E-state index in [2.05, 4.69) is 29.2 Å². The van der Waals surface area contributed by atoms with Gasteiger partial charge < -0.3 is 11.1 Å². The van der Waals surface area contributed by atoms with E-state index in [1.54, 1.807) is 0 Å². The second-order valence-electron chi connectivity index (χ2n) is 7.77. The molecule has 2 aliphatic rings. The molecule has 28 heavy (non-hydrogen) atoms.